The first-order valence-corrected chi connectivity index (χ1v) is 9.46. The van der Waals surface area contributed by atoms with Gasteiger partial charge in [-0.3, -0.25) is 4.79 Å². The largest absolute Gasteiger partial charge is 0.361 e. The Morgan fingerprint density at radius 1 is 1.04 bits per heavy atom. The van der Waals surface area contributed by atoms with Crippen LogP contribution in [0.25, 0.3) is 10.9 Å². The first-order chi connectivity index (χ1) is 12.6. The van der Waals surface area contributed by atoms with Gasteiger partial charge in [-0.25, -0.2) is 0 Å². The van der Waals surface area contributed by atoms with Crippen molar-refractivity contribution in [3.05, 3.63) is 93.8 Å². The van der Waals surface area contributed by atoms with Crippen LogP contribution in [0.1, 0.15) is 32.4 Å². The van der Waals surface area contributed by atoms with E-state index in [4.69, 9.17) is 0 Å². The summed E-state index contributed by atoms with van der Waals surface area (Å²) in [6.45, 7) is 2.03. The van der Waals surface area contributed by atoms with Crippen LogP contribution in [0.15, 0.2) is 72.2 Å². The highest BCUT2D eigenvalue weighted by atomic mass is 32.1. The molecule has 0 aliphatic rings. The number of carbonyl (C=O) groups excluding carboxylic acids is 1. The van der Waals surface area contributed by atoms with Crippen LogP contribution >= 0.6 is 11.3 Å². The molecule has 1 amide bonds. The van der Waals surface area contributed by atoms with E-state index in [0.717, 1.165) is 26.9 Å². The van der Waals surface area contributed by atoms with E-state index in [1.165, 1.54) is 0 Å². The van der Waals surface area contributed by atoms with Crippen molar-refractivity contribution in [1.82, 2.24) is 9.88 Å². The number of fused-ring (bicyclic) bond motifs is 1. The summed E-state index contributed by atoms with van der Waals surface area (Å²) in [5.74, 6) is 0.0219. The van der Waals surface area contributed by atoms with Crippen molar-refractivity contribution in [2.45, 2.75) is 13.0 Å². The van der Waals surface area contributed by atoms with Crippen LogP contribution < -0.4 is 0 Å². The Kier molecular flexibility index (Phi) is 4.35. The van der Waals surface area contributed by atoms with Gasteiger partial charge in [0.25, 0.3) is 5.91 Å². The predicted molar refractivity (Wildman–Crippen MR) is 108 cm³/mol. The number of thiophene rings is 1. The third-order valence-electron chi connectivity index (χ3n) is 4.73. The van der Waals surface area contributed by atoms with E-state index in [2.05, 4.69) is 28.6 Å². The van der Waals surface area contributed by atoms with Crippen molar-refractivity contribution in [2.24, 2.45) is 0 Å². The number of amides is 1. The van der Waals surface area contributed by atoms with Crippen molar-refractivity contribution >= 4 is 28.1 Å². The van der Waals surface area contributed by atoms with Crippen LogP contribution in [0.3, 0.4) is 0 Å². The van der Waals surface area contributed by atoms with Crippen LogP contribution in [0.5, 0.6) is 0 Å². The van der Waals surface area contributed by atoms with Crippen molar-refractivity contribution in [3.63, 3.8) is 0 Å². The molecule has 0 fully saturated rings. The number of benzene rings is 2. The van der Waals surface area contributed by atoms with Crippen LogP contribution in [0.4, 0.5) is 0 Å². The maximum Gasteiger partial charge on any atom is 0.254 e. The van der Waals surface area contributed by atoms with E-state index in [1.54, 1.807) is 11.3 Å². The first-order valence-electron chi connectivity index (χ1n) is 8.58. The fourth-order valence-corrected chi connectivity index (χ4v) is 4.22. The number of aromatic amines is 1. The van der Waals surface area contributed by atoms with E-state index in [0.29, 0.717) is 5.56 Å². The Morgan fingerprint density at radius 2 is 1.81 bits per heavy atom. The average Bonchev–Trinajstić information content (AvgIpc) is 3.33. The van der Waals surface area contributed by atoms with Gasteiger partial charge in [0, 0.05) is 40.2 Å². The molecule has 130 valence electrons. The third-order valence-corrected chi connectivity index (χ3v) is 5.66. The minimum atomic E-state index is -0.125. The lowest BCUT2D eigenvalue weighted by Crippen LogP contribution is -2.31. The van der Waals surface area contributed by atoms with Gasteiger partial charge in [0.2, 0.25) is 0 Å². The van der Waals surface area contributed by atoms with Gasteiger partial charge in [0.05, 0.1) is 6.04 Å². The molecule has 0 radical (unpaired) electrons. The highest BCUT2D eigenvalue weighted by Gasteiger charge is 2.27. The second-order valence-corrected chi connectivity index (χ2v) is 7.47. The summed E-state index contributed by atoms with van der Waals surface area (Å²) >= 11 is 1.67. The van der Waals surface area contributed by atoms with E-state index < -0.39 is 0 Å². The minimum absolute atomic E-state index is 0.0219. The number of hydrogen-bond donors (Lipinski definition) is 1. The van der Waals surface area contributed by atoms with Gasteiger partial charge in [0.15, 0.2) is 0 Å². The molecule has 1 atom stereocenters. The standard InChI is InChI=1S/C22H20N2OS/c1-15-9-11-16(12-10-15)22(25)24(2)21(20-8-5-13-26-20)18-14-23-19-7-4-3-6-17(18)19/h3-14,21,23H,1-2H3/t21-/m1/s1. The Hall–Kier alpha value is -2.85. The zero-order chi connectivity index (χ0) is 18.1. The molecule has 2 aromatic heterocycles. The second-order valence-electron chi connectivity index (χ2n) is 6.49. The van der Waals surface area contributed by atoms with Crippen LogP contribution in [-0.2, 0) is 0 Å². The van der Waals surface area contributed by atoms with Crippen LogP contribution in [0.2, 0.25) is 0 Å². The smallest absolute Gasteiger partial charge is 0.254 e. The molecule has 1 N–H and O–H groups in total. The fourth-order valence-electron chi connectivity index (χ4n) is 3.34. The highest BCUT2D eigenvalue weighted by molar-refractivity contribution is 7.10. The topological polar surface area (TPSA) is 36.1 Å². The van der Waals surface area contributed by atoms with Gasteiger partial charge in [-0.15, -0.1) is 11.3 Å². The summed E-state index contributed by atoms with van der Waals surface area (Å²) in [5.41, 5.74) is 4.06. The molecule has 2 heterocycles. The summed E-state index contributed by atoms with van der Waals surface area (Å²) in [6, 6.07) is 20.0. The van der Waals surface area contributed by atoms with Gasteiger partial charge in [-0.2, -0.15) is 0 Å². The SMILES string of the molecule is Cc1ccc(C(=O)N(C)[C@@H](c2cccs2)c2c[nH]c3ccccc23)cc1. The molecular weight excluding hydrogens is 340 g/mol. The number of aromatic nitrogens is 1. The molecule has 4 heteroatoms. The summed E-state index contributed by atoms with van der Waals surface area (Å²) in [4.78, 5) is 19.5. The van der Waals surface area contributed by atoms with Crippen LogP contribution in [-0.4, -0.2) is 22.8 Å². The Morgan fingerprint density at radius 3 is 2.54 bits per heavy atom. The van der Waals surface area contributed by atoms with E-state index in [-0.39, 0.29) is 11.9 Å². The number of carbonyl (C=O) groups is 1. The molecule has 4 rings (SSSR count). The summed E-state index contributed by atoms with van der Waals surface area (Å²) in [7, 11) is 1.88. The maximum atomic E-state index is 13.1. The quantitative estimate of drug-likeness (QED) is 0.520. The maximum absolute atomic E-state index is 13.1. The molecule has 4 aromatic rings. The Balaban J connectivity index is 1.79. The normalized spacial score (nSPS) is 12.2. The van der Waals surface area contributed by atoms with Gasteiger partial charge in [-0.1, -0.05) is 42.0 Å². The first kappa shape index (κ1) is 16.6. The van der Waals surface area contributed by atoms with Crippen molar-refractivity contribution < 1.29 is 4.79 Å². The number of nitrogens with zero attached hydrogens (tertiary/aromatic N) is 1. The second kappa shape index (κ2) is 6.81. The Labute approximate surface area is 156 Å². The molecule has 26 heavy (non-hydrogen) atoms. The third kappa shape index (κ3) is 2.93. The summed E-state index contributed by atoms with van der Waals surface area (Å²) in [6.07, 6.45) is 2.02. The molecule has 0 bridgehead atoms. The number of H-pyrrole nitrogens is 1. The minimum Gasteiger partial charge on any atom is -0.361 e. The average molecular weight is 360 g/mol. The number of hydrogen-bond acceptors (Lipinski definition) is 2. The zero-order valence-electron chi connectivity index (χ0n) is 14.8. The number of rotatable bonds is 4. The predicted octanol–water partition coefficient (Wildman–Crippen LogP) is 5.40. The lowest BCUT2D eigenvalue weighted by atomic mass is 10.0. The molecule has 0 unspecified atom stereocenters. The number of nitrogens with one attached hydrogen (secondary N) is 1. The zero-order valence-corrected chi connectivity index (χ0v) is 15.6. The van der Waals surface area contributed by atoms with E-state index >= 15 is 0 Å². The Bertz CT molecular complexity index is 1030. The molecule has 0 saturated heterocycles. The molecule has 0 spiro atoms. The lowest BCUT2D eigenvalue weighted by molar-refractivity contribution is 0.0758. The van der Waals surface area contributed by atoms with E-state index in [1.807, 2.05) is 67.5 Å². The van der Waals surface area contributed by atoms with Crippen molar-refractivity contribution in [3.8, 4) is 0 Å². The molecule has 3 nitrogen and oxygen atoms in total. The molecule has 0 saturated carbocycles. The van der Waals surface area contributed by atoms with Gasteiger partial charge in [-0.05, 0) is 36.6 Å². The summed E-state index contributed by atoms with van der Waals surface area (Å²) < 4.78 is 0. The monoisotopic (exact) mass is 360 g/mol. The number of aryl methyl sites for hydroxylation is 1. The highest BCUT2D eigenvalue weighted by Crippen LogP contribution is 2.35. The lowest BCUT2D eigenvalue weighted by Gasteiger charge is -2.27. The van der Waals surface area contributed by atoms with Crippen molar-refractivity contribution in [1.29, 1.82) is 0 Å². The van der Waals surface area contributed by atoms with E-state index in [9.17, 15) is 4.79 Å². The van der Waals surface area contributed by atoms with Crippen molar-refractivity contribution in [2.75, 3.05) is 7.05 Å². The van der Waals surface area contributed by atoms with Gasteiger partial charge < -0.3 is 9.88 Å². The van der Waals surface area contributed by atoms with Gasteiger partial charge in [0.1, 0.15) is 0 Å². The molecule has 2 aromatic carbocycles. The fraction of sp³-hybridized carbons (Fsp3) is 0.136. The van der Waals surface area contributed by atoms with Crippen LogP contribution in [0, 0.1) is 6.92 Å². The van der Waals surface area contributed by atoms with Gasteiger partial charge >= 0.3 is 0 Å². The molecular formula is C22H20N2OS. The molecule has 0 aliphatic carbocycles. The number of para-hydroxylation sites is 1. The molecule has 0 aliphatic heterocycles. The summed E-state index contributed by atoms with van der Waals surface area (Å²) in [5, 5.41) is 3.20.